The molecule has 0 atom stereocenters. The molecule has 0 radical (unpaired) electrons. The number of carbonyl (C=O) groups is 2. The summed E-state index contributed by atoms with van der Waals surface area (Å²) in [5.74, 6) is -0.867. The predicted molar refractivity (Wildman–Crippen MR) is 79.7 cm³/mol. The van der Waals surface area contributed by atoms with Gasteiger partial charge in [-0.2, -0.15) is 0 Å². The lowest BCUT2D eigenvalue weighted by molar-refractivity contribution is 0.0600. The summed E-state index contributed by atoms with van der Waals surface area (Å²) < 4.78 is 4.66. The molecule has 1 aromatic heterocycles. The lowest BCUT2D eigenvalue weighted by atomic mass is 10.1. The molecule has 0 aliphatic heterocycles. The van der Waals surface area contributed by atoms with E-state index in [1.807, 2.05) is 6.92 Å². The summed E-state index contributed by atoms with van der Waals surface area (Å²) in [7, 11) is 1.30. The molecular weight excluding hydrogens is 292 g/mol. The first kappa shape index (κ1) is 15.0. The molecule has 6 heteroatoms. The lowest BCUT2D eigenvalue weighted by Crippen LogP contribution is -2.15. The normalized spacial score (nSPS) is 10.0. The van der Waals surface area contributed by atoms with E-state index in [0.29, 0.717) is 16.3 Å². The molecule has 2 rings (SSSR count). The number of pyridine rings is 1. The first-order valence-corrected chi connectivity index (χ1v) is 6.51. The van der Waals surface area contributed by atoms with Crippen LogP contribution in [0.15, 0.2) is 36.5 Å². The second kappa shape index (κ2) is 6.37. The number of hydrogen-bond donors (Lipinski definition) is 1. The summed E-state index contributed by atoms with van der Waals surface area (Å²) in [5, 5.41) is 3.13. The van der Waals surface area contributed by atoms with Crippen LogP contribution in [0.4, 0.5) is 5.69 Å². The molecule has 108 valence electrons. The molecule has 0 saturated heterocycles. The number of aromatic nitrogens is 1. The van der Waals surface area contributed by atoms with Gasteiger partial charge in [0.2, 0.25) is 0 Å². The Balaban J connectivity index is 2.26. The molecule has 1 aromatic carbocycles. The number of rotatable bonds is 3. The number of hydrogen-bond acceptors (Lipinski definition) is 4. The van der Waals surface area contributed by atoms with Crippen LogP contribution >= 0.6 is 11.6 Å². The van der Waals surface area contributed by atoms with Crippen LogP contribution in [-0.2, 0) is 4.74 Å². The largest absolute Gasteiger partial charge is 0.465 e. The Morgan fingerprint density at radius 2 is 2.00 bits per heavy atom. The number of aryl methyl sites for hydroxylation is 1. The minimum atomic E-state index is -0.466. The van der Waals surface area contributed by atoms with E-state index in [-0.39, 0.29) is 5.69 Å². The summed E-state index contributed by atoms with van der Waals surface area (Å²) in [6.45, 7) is 1.82. The van der Waals surface area contributed by atoms with E-state index in [1.165, 1.54) is 19.4 Å². The van der Waals surface area contributed by atoms with Gasteiger partial charge in [0.25, 0.3) is 5.91 Å². The smallest absolute Gasteiger partial charge is 0.337 e. The SMILES string of the molecule is COC(=O)c1ccc(C)c(NC(=O)c2cc(Cl)ccn2)c1. The molecule has 0 saturated carbocycles. The Labute approximate surface area is 126 Å². The molecule has 1 amide bonds. The quantitative estimate of drug-likeness (QED) is 0.885. The van der Waals surface area contributed by atoms with E-state index in [2.05, 4.69) is 15.0 Å². The molecule has 21 heavy (non-hydrogen) atoms. The highest BCUT2D eigenvalue weighted by atomic mass is 35.5. The summed E-state index contributed by atoms with van der Waals surface area (Å²) in [6.07, 6.45) is 1.45. The van der Waals surface area contributed by atoms with Crippen LogP contribution in [0.25, 0.3) is 0 Å². The fourth-order valence-corrected chi connectivity index (χ4v) is 1.88. The van der Waals surface area contributed by atoms with Crippen molar-refractivity contribution in [1.29, 1.82) is 0 Å². The first-order valence-electron chi connectivity index (χ1n) is 6.13. The van der Waals surface area contributed by atoms with Gasteiger partial charge in [-0.15, -0.1) is 0 Å². The monoisotopic (exact) mass is 304 g/mol. The van der Waals surface area contributed by atoms with Crippen LogP contribution in [0.3, 0.4) is 0 Å². The van der Waals surface area contributed by atoms with E-state index < -0.39 is 11.9 Å². The topological polar surface area (TPSA) is 68.3 Å². The second-order valence-electron chi connectivity index (χ2n) is 4.33. The molecule has 0 bridgehead atoms. The summed E-state index contributed by atoms with van der Waals surface area (Å²) in [4.78, 5) is 27.6. The van der Waals surface area contributed by atoms with Crippen molar-refractivity contribution in [2.24, 2.45) is 0 Å². The second-order valence-corrected chi connectivity index (χ2v) is 4.77. The molecular formula is C15H13ClN2O3. The highest BCUT2D eigenvalue weighted by molar-refractivity contribution is 6.31. The van der Waals surface area contributed by atoms with Crippen molar-refractivity contribution in [2.75, 3.05) is 12.4 Å². The van der Waals surface area contributed by atoms with Crippen molar-refractivity contribution < 1.29 is 14.3 Å². The number of nitrogens with zero attached hydrogens (tertiary/aromatic N) is 1. The van der Waals surface area contributed by atoms with E-state index >= 15 is 0 Å². The molecule has 0 spiro atoms. The van der Waals surface area contributed by atoms with Crippen LogP contribution in [0.1, 0.15) is 26.4 Å². The number of carbonyl (C=O) groups excluding carboxylic acids is 2. The molecule has 2 aromatic rings. The number of esters is 1. The predicted octanol–water partition coefficient (Wildman–Crippen LogP) is 3.08. The molecule has 1 heterocycles. The minimum Gasteiger partial charge on any atom is -0.465 e. The van der Waals surface area contributed by atoms with Crippen molar-refractivity contribution in [3.05, 3.63) is 58.4 Å². The molecule has 1 N–H and O–H groups in total. The van der Waals surface area contributed by atoms with Crippen molar-refractivity contribution >= 4 is 29.2 Å². The first-order chi connectivity index (χ1) is 10.0. The molecule has 5 nitrogen and oxygen atoms in total. The van der Waals surface area contributed by atoms with Gasteiger partial charge in [-0.1, -0.05) is 17.7 Å². The number of halogens is 1. The van der Waals surface area contributed by atoms with Crippen molar-refractivity contribution in [2.45, 2.75) is 6.92 Å². The van der Waals surface area contributed by atoms with Gasteiger partial charge < -0.3 is 10.1 Å². The van der Waals surface area contributed by atoms with Gasteiger partial charge in [-0.05, 0) is 36.8 Å². The van der Waals surface area contributed by atoms with Crippen molar-refractivity contribution in [3.63, 3.8) is 0 Å². The third kappa shape index (κ3) is 3.58. The van der Waals surface area contributed by atoms with Crippen LogP contribution in [0.2, 0.25) is 5.02 Å². The maximum atomic E-state index is 12.1. The van der Waals surface area contributed by atoms with Crippen molar-refractivity contribution in [1.82, 2.24) is 4.98 Å². The molecule has 0 aliphatic rings. The highest BCUT2D eigenvalue weighted by Crippen LogP contribution is 2.19. The van der Waals surface area contributed by atoms with Crippen LogP contribution in [0.5, 0.6) is 0 Å². The Bertz CT molecular complexity index is 701. The van der Waals surface area contributed by atoms with Gasteiger partial charge in [0.15, 0.2) is 0 Å². The fraction of sp³-hybridized carbons (Fsp3) is 0.133. The number of benzene rings is 1. The number of nitrogens with one attached hydrogen (secondary N) is 1. The summed E-state index contributed by atoms with van der Waals surface area (Å²) in [6, 6.07) is 7.98. The van der Waals surface area contributed by atoms with E-state index in [0.717, 1.165) is 5.56 Å². The number of ether oxygens (including phenoxy) is 1. The van der Waals surface area contributed by atoms with E-state index in [1.54, 1.807) is 24.3 Å². The third-order valence-corrected chi connectivity index (χ3v) is 3.10. The van der Waals surface area contributed by atoms with Gasteiger partial charge in [-0.25, -0.2) is 4.79 Å². The molecule has 0 unspecified atom stereocenters. The van der Waals surface area contributed by atoms with Crippen LogP contribution in [-0.4, -0.2) is 24.0 Å². The number of amides is 1. The Morgan fingerprint density at radius 3 is 2.67 bits per heavy atom. The maximum Gasteiger partial charge on any atom is 0.337 e. The van der Waals surface area contributed by atoms with Crippen LogP contribution < -0.4 is 5.32 Å². The standard InChI is InChI=1S/C15H13ClN2O3/c1-9-3-4-10(15(20)21-2)7-12(9)18-14(19)13-8-11(16)5-6-17-13/h3-8H,1-2H3,(H,18,19). The van der Waals surface area contributed by atoms with Gasteiger partial charge in [0, 0.05) is 16.9 Å². The zero-order valence-corrected chi connectivity index (χ0v) is 12.3. The highest BCUT2D eigenvalue weighted by Gasteiger charge is 2.12. The van der Waals surface area contributed by atoms with Gasteiger partial charge in [-0.3, -0.25) is 9.78 Å². The average molecular weight is 305 g/mol. The molecule has 0 fully saturated rings. The average Bonchev–Trinajstić information content (AvgIpc) is 2.48. The zero-order valence-electron chi connectivity index (χ0n) is 11.5. The van der Waals surface area contributed by atoms with Crippen LogP contribution in [0, 0.1) is 6.92 Å². The Morgan fingerprint density at radius 1 is 1.24 bits per heavy atom. The minimum absolute atomic E-state index is 0.199. The van der Waals surface area contributed by atoms with E-state index in [9.17, 15) is 9.59 Å². The number of methoxy groups -OCH3 is 1. The third-order valence-electron chi connectivity index (χ3n) is 2.86. The summed E-state index contributed by atoms with van der Waals surface area (Å²) in [5.41, 5.74) is 1.89. The summed E-state index contributed by atoms with van der Waals surface area (Å²) >= 11 is 5.83. The Kier molecular flexibility index (Phi) is 4.55. The van der Waals surface area contributed by atoms with Gasteiger partial charge in [0.05, 0.1) is 12.7 Å². The lowest BCUT2D eigenvalue weighted by Gasteiger charge is -2.09. The Hall–Kier alpha value is -2.40. The van der Waals surface area contributed by atoms with Gasteiger partial charge >= 0.3 is 5.97 Å². The molecule has 0 aliphatic carbocycles. The van der Waals surface area contributed by atoms with E-state index in [4.69, 9.17) is 11.6 Å². The zero-order chi connectivity index (χ0) is 15.4. The van der Waals surface area contributed by atoms with Gasteiger partial charge in [0.1, 0.15) is 5.69 Å². The number of anilines is 1. The maximum absolute atomic E-state index is 12.1. The fourth-order valence-electron chi connectivity index (χ4n) is 1.72. The van der Waals surface area contributed by atoms with Crippen molar-refractivity contribution in [3.8, 4) is 0 Å².